The molecule has 6 nitrogen and oxygen atoms in total. The van der Waals surface area contributed by atoms with Crippen LogP contribution in [-0.2, 0) is 21.5 Å². The molecule has 164 valence electrons. The molecule has 11 heteroatoms. The van der Waals surface area contributed by atoms with Gasteiger partial charge in [0, 0.05) is 42.7 Å². The van der Waals surface area contributed by atoms with E-state index in [2.05, 4.69) is 5.32 Å². The van der Waals surface area contributed by atoms with Crippen LogP contribution < -0.4 is 5.32 Å². The number of fused-ring (bicyclic) bond motifs is 1. The van der Waals surface area contributed by atoms with Crippen LogP contribution in [-0.4, -0.2) is 71.9 Å². The van der Waals surface area contributed by atoms with Crippen molar-refractivity contribution in [3.05, 3.63) is 35.1 Å². The molecule has 1 aromatic rings. The van der Waals surface area contributed by atoms with Crippen molar-refractivity contribution >= 4 is 23.7 Å². The van der Waals surface area contributed by atoms with Crippen molar-refractivity contribution in [3.63, 3.8) is 0 Å². The molecule has 0 unspecified atom stereocenters. The van der Waals surface area contributed by atoms with Gasteiger partial charge in [-0.3, -0.25) is 4.79 Å². The van der Waals surface area contributed by atoms with Crippen molar-refractivity contribution in [2.24, 2.45) is 0 Å². The van der Waals surface area contributed by atoms with Gasteiger partial charge in [-0.15, -0.1) is 11.8 Å². The van der Waals surface area contributed by atoms with Crippen LogP contribution in [0.2, 0.25) is 0 Å². The molecule has 0 aromatic heterocycles. The quantitative estimate of drug-likeness (QED) is 0.724. The highest BCUT2D eigenvalue weighted by Crippen LogP contribution is 2.36. The molecule has 4 rings (SSSR count). The Balaban J connectivity index is 1.28. The lowest BCUT2D eigenvalue weighted by atomic mass is 10.0. The number of hydrogen-bond acceptors (Lipinski definition) is 4. The number of rotatable bonds is 3. The average molecular weight is 447 g/mol. The Morgan fingerprint density at radius 3 is 2.73 bits per heavy atom. The monoisotopic (exact) mass is 447 g/mol. The van der Waals surface area contributed by atoms with Crippen LogP contribution in [0.25, 0.3) is 0 Å². The Bertz CT molecular complexity index is 832. The number of morpholine rings is 1. The normalized spacial score (nSPS) is 24.9. The highest BCUT2D eigenvalue weighted by molar-refractivity contribution is 7.99. The summed E-state index contributed by atoms with van der Waals surface area (Å²) >= 11 is 1.22. The first kappa shape index (κ1) is 21.2. The highest BCUT2D eigenvalue weighted by Gasteiger charge is 2.40. The van der Waals surface area contributed by atoms with E-state index in [0.29, 0.717) is 32.6 Å². The molecule has 2 atom stereocenters. The second kappa shape index (κ2) is 8.26. The number of carbonyl (C=O) groups excluding carboxylic acids is 2. The average Bonchev–Trinajstić information content (AvgIpc) is 2.66. The number of thioether (sulfide) groups is 1. The van der Waals surface area contributed by atoms with Gasteiger partial charge in [-0.1, -0.05) is 6.07 Å². The summed E-state index contributed by atoms with van der Waals surface area (Å²) in [5, 5.41) is 2.79. The number of benzene rings is 1. The van der Waals surface area contributed by atoms with Crippen molar-refractivity contribution in [2.75, 3.05) is 32.8 Å². The van der Waals surface area contributed by atoms with Gasteiger partial charge < -0.3 is 19.9 Å². The van der Waals surface area contributed by atoms with Crippen LogP contribution in [0.15, 0.2) is 18.2 Å². The van der Waals surface area contributed by atoms with Crippen LogP contribution in [0.4, 0.5) is 22.4 Å². The lowest BCUT2D eigenvalue weighted by molar-refractivity contribution is -0.140. The number of nitrogens with one attached hydrogen (secondary N) is 1. The summed E-state index contributed by atoms with van der Waals surface area (Å²) < 4.78 is 58.7. The first-order valence-electron chi connectivity index (χ1n) is 9.63. The smallest absolute Gasteiger partial charge is 0.366 e. The van der Waals surface area contributed by atoms with E-state index in [0.717, 1.165) is 18.2 Å². The molecule has 0 saturated carbocycles. The van der Waals surface area contributed by atoms with Crippen LogP contribution >= 0.6 is 11.8 Å². The molecule has 1 aromatic carbocycles. The summed E-state index contributed by atoms with van der Waals surface area (Å²) in [4.78, 5) is 27.4. The van der Waals surface area contributed by atoms with E-state index in [-0.39, 0.29) is 47.3 Å². The van der Waals surface area contributed by atoms with Gasteiger partial charge in [0.2, 0.25) is 5.91 Å². The molecule has 3 amide bonds. The highest BCUT2D eigenvalue weighted by atomic mass is 32.2. The molecule has 3 aliphatic heterocycles. The number of hydrogen-bond donors (Lipinski definition) is 1. The maximum absolute atomic E-state index is 13.9. The molecule has 3 fully saturated rings. The zero-order chi connectivity index (χ0) is 21.5. The second-order valence-electron chi connectivity index (χ2n) is 7.64. The number of likely N-dealkylation sites (tertiary alicyclic amines) is 2. The minimum Gasteiger partial charge on any atom is -0.366 e. The third-order valence-electron chi connectivity index (χ3n) is 5.60. The van der Waals surface area contributed by atoms with Crippen LogP contribution in [0.3, 0.4) is 0 Å². The summed E-state index contributed by atoms with van der Waals surface area (Å²) in [7, 11) is 0. The number of alkyl halides is 3. The van der Waals surface area contributed by atoms with Crippen LogP contribution in [0.1, 0.15) is 17.5 Å². The van der Waals surface area contributed by atoms with Gasteiger partial charge >= 0.3 is 12.2 Å². The molecule has 0 spiro atoms. The van der Waals surface area contributed by atoms with Gasteiger partial charge in [0.1, 0.15) is 12.4 Å². The minimum atomic E-state index is -4.61. The van der Waals surface area contributed by atoms with Gasteiger partial charge in [0.05, 0.1) is 17.7 Å². The lowest BCUT2D eigenvalue weighted by Gasteiger charge is -2.46. The van der Waals surface area contributed by atoms with E-state index in [1.165, 1.54) is 11.8 Å². The Labute approximate surface area is 174 Å². The van der Waals surface area contributed by atoms with Crippen molar-refractivity contribution in [2.45, 2.75) is 35.7 Å². The van der Waals surface area contributed by atoms with Gasteiger partial charge in [0.25, 0.3) is 0 Å². The first-order chi connectivity index (χ1) is 14.2. The SMILES string of the molecule is O=C1CO[C@H]2CCN(C(=O)N3CC(SCc4c(F)cccc4C(F)(F)F)C3)C[C@H]2N1. The molecule has 3 heterocycles. The molecule has 0 radical (unpaired) electrons. The number of halogens is 4. The number of carbonyl (C=O) groups is 2. The standard InChI is InChI=1S/C19H21F4N3O3S/c20-14-3-1-2-13(19(21,22)23)12(14)10-30-11-6-26(7-11)18(28)25-5-4-16-15(8-25)24-17(27)9-29-16/h1-3,11,15-16H,4-10H2,(H,24,27)/t15-,16+/m1/s1. The van der Waals surface area contributed by atoms with E-state index in [1.54, 1.807) is 9.80 Å². The Hall–Kier alpha value is -2.01. The summed E-state index contributed by atoms with van der Waals surface area (Å²) in [5.74, 6) is -1.17. The van der Waals surface area contributed by atoms with E-state index in [1.807, 2.05) is 0 Å². The summed E-state index contributed by atoms with van der Waals surface area (Å²) in [6.07, 6.45) is -4.06. The fourth-order valence-corrected chi connectivity index (χ4v) is 5.21. The molecule has 3 saturated heterocycles. The van der Waals surface area contributed by atoms with Gasteiger partial charge in [0.15, 0.2) is 0 Å². The Morgan fingerprint density at radius 2 is 2.00 bits per heavy atom. The largest absolute Gasteiger partial charge is 0.416 e. The summed E-state index contributed by atoms with van der Waals surface area (Å²) in [5.41, 5.74) is -1.31. The van der Waals surface area contributed by atoms with Crippen molar-refractivity contribution in [1.29, 1.82) is 0 Å². The van der Waals surface area contributed by atoms with E-state index in [9.17, 15) is 27.2 Å². The molecule has 30 heavy (non-hydrogen) atoms. The predicted molar refractivity (Wildman–Crippen MR) is 101 cm³/mol. The molecule has 1 N–H and O–H groups in total. The maximum Gasteiger partial charge on any atom is 0.416 e. The summed E-state index contributed by atoms with van der Waals surface area (Å²) in [6, 6.07) is 2.58. The number of urea groups is 1. The zero-order valence-electron chi connectivity index (χ0n) is 16.0. The number of piperidine rings is 1. The van der Waals surface area contributed by atoms with E-state index >= 15 is 0 Å². The third-order valence-corrected chi connectivity index (χ3v) is 6.83. The molecular formula is C19H21F4N3O3S. The van der Waals surface area contributed by atoms with Gasteiger partial charge in [-0.2, -0.15) is 13.2 Å². The molecular weight excluding hydrogens is 426 g/mol. The second-order valence-corrected chi connectivity index (χ2v) is 8.93. The topological polar surface area (TPSA) is 61.9 Å². The number of nitrogens with zero attached hydrogens (tertiary/aromatic N) is 2. The Morgan fingerprint density at radius 1 is 1.23 bits per heavy atom. The Kier molecular flexibility index (Phi) is 5.84. The van der Waals surface area contributed by atoms with E-state index < -0.39 is 17.6 Å². The van der Waals surface area contributed by atoms with Gasteiger partial charge in [-0.05, 0) is 18.6 Å². The zero-order valence-corrected chi connectivity index (χ0v) is 16.8. The lowest BCUT2D eigenvalue weighted by Crippen LogP contribution is -2.64. The fraction of sp³-hybridized carbons (Fsp3) is 0.579. The van der Waals surface area contributed by atoms with Crippen LogP contribution in [0, 0.1) is 5.82 Å². The number of ether oxygens (including phenoxy) is 1. The fourth-order valence-electron chi connectivity index (χ4n) is 3.95. The molecule has 0 aliphatic carbocycles. The molecule has 0 bridgehead atoms. The maximum atomic E-state index is 13.9. The third kappa shape index (κ3) is 4.36. The predicted octanol–water partition coefficient (Wildman–Crippen LogP) is 2.47. The van der Waals surface area contributed by atoms with Crippen molar-refractivity contribution in [3.8, 4) is 0 Å². The summed E-state index contributed by atoms with van der Waals surface area (Å²) in [6.45, 7) is 1.72. The van der Waals surface area contributed by atoms with Crippen molar-refractivity contribution < 1.29 is 31.9 Å². The van der Waals surface area contributed by atoms with Gasteiger partial charge in [-0.25, -0.2) is 9.18 Å². The minimum absolute atomic E-state index is 0.0399. The van der Waals surface area contributed by atoms with Crippen LogP contribution in [0.5, 0.6) is 0 Å². The molecule has 3 aliphatic rings. The van der Waals surface area contributed by atoms with E-state index in [4.69, 9.17) is 4.74 Å². The first-order valence-corrected chi connectivity index (χ1v) is 10.7. The van der Waals surface area contributed by atoms with Crippen molar-refractivity contribution in [1.82, 2.24) is 15.1 Å². The number of amides is 3.